The molecule has 1 aromatic heterocycles. The lowest BCUT2D eigenvalue weighted by molar-refractivity contribution is 1.12. The molecule has 0 atom stereocenters. The maximum atomic E-state index is 6.24. The number of aryl methyl sites for hydroxylation is 1. The molecule has 0 fully saturated rings. The smallest absolute Gasteiger partial charge is 0.129 e. The molecule has 0 radical (unpaired) electrons. The van der Waals surface area contributed by atoms with E-state index in [0.717, 1.165) is 27.3 Å². The Bertz CT molecular complexity index is 770. The van der Waals surface area contributed by atoms with E-state index in [-0.39, 0.29) is 0 Å². The zero-order valence-electron chi connectivity index (χ0n) is 10.7. The molecule has 1 N–H and O–H groups in total. The molecular formula is C14H11Cl2N3S. The highest BCUT2D eigenvalue weighted by Crippen LogP contribution is 2.30. The van der Waals surface area contributed by atoms with Crippen molar-refractivity contribution in [1.82, 2.24) is 8.75 Å². The number of nitrogens with zero attached hydrogens (tertiary/aromatic N) is 2. The first-order chi connectivity index (χ1) is 9.65. The second-order valence-electron chi connectivity index (χ2n) is 4.48. The van der Waals surface area contributed by atoms with E-state index in [4.69, 9.17) is 23.2 Å². The van der Waals surface area contributed by atoms with Crippen LogP contribution < -0.4 is 5.32 Å². The molecule has 102 valence electrons. The molecular weight excluding hydrogens is 313 g/mol. The molecule has 0 saturated carbocycles. The van der Waals surface area contributed by atoms with Gasteiger partial charge in [0, 0.05) is 11.6 Å². The number of anilines is 1. The number of halogens is 2. The molecule has 0 unspecified atom stereocenters. The molecule has 0 aliphatic rings. The lowest BCUT2D eigenvalue weighted by Gasteiger charge is -2.11. The lowest BCUT2D eigenvalue weighted by Crippen LogP contribution is -2.02. The average Bonchev–Trinajstić information content (AvgIpc) is 2.88. The molecule has 6 heteroatoms. The van der Waals surface area contributed by atoms with Crippen LogP contribution in [0.4, 0.5) is 5.69 Å². The molecule has 2 aromatic carbocycles. The maximum absolute atomic E-state index is 6.24. The Hall–Kier alpha value is -1.36. The summed E-state index contributed by atoms with van der Waals surface area (Å²) in [6, 6.07) is 9.56. The fraction of sp³-hybridized carbons (Fsp3) is 0.143. The Morgan fingerprint density at radius 1 is 1.15 bits per heavy atom. The van der Waals surface area contributed by atoms with Crippen LogP contribution in [0.3, 0.4) is 0 Å². The second kappa shape index (κ2) is 5.56. The third-order valence-corrected chi connectivity index (χ3v) is 4.23. The fourth-order valence-electron chi connectivity index (χ4n) is 2.04. The molecule has 3 aromatic rings. The summed E-state index contributed by atoms with van der Waals surface area (Å²) in [5.74, 6) is 0. The van der Waals surface area contributed by atoms with Gasteiger partial charge < -0.3 is 5.32 Å². The van der Waals surface area contributed by atoms with Crippen LogP contribution >= 0.6 is 34.9 Å². The Labute approximate surface area is 130 Å². The minimum atomic E-state index is 0.650. The number of hydrogen-bond donors (Lipinski definition) is 1. The monoisotopic (exact) mass is 323 g/mol. The van der Waals surface area contributed by atoms with E-state index in [1.165, 1.54) is 17.3 Å². The van der Waals surface area contributed by atoms with Crippen molar-refractivity contribution in [2.24, 2.45) is 0 Å². The number of fused-ring (bicyclic) bond motifs is 1. The summed E-state index contributed by atoms with van der Waals surface area (Å²) in [6.45, 7) is 2.70. The van der Waals surface area contributed by atoms with Crippen LogP contribution in [0, 0.1) is 6.92 Å². The van der Waals surface area contributed by atoms with Crippen molar-refractivity contribution in [3.05, 3.63) is 51.5 Å². The van der Waals surface area contributed by atoms with Crippen molar-refractivity contribution >= 4 is 51.7 Å². The van der Waals surface area contributed by atoms with E-state index in [0.29, 0.717) is 11.6 Å². The van der Waals surface area contributed by atoms with Gasteiger partial charge in [-0.25, -0.2) is 0 Å². The SMILES string of the molecule is Cc1cc(Cl)ccc1CNc1c(Cl)ccc2nsnc12. The minimum absolute atomic E-state index is 0.650. The van der Waals surface area contributed by atoms with E-state index >= 15 is 0 Å². The van der Waals surface area contributed by atoms with Gasteiger partial charge in [-0.05, 0) is 42.3 Å². The molecule has 0 amide bonds. The van der Waals surface area contributed by atoms with E-state index < -0.39 is 0 Å². The molecule has 3 rings (SSSR count). The molecule has 0 aliphatic heterocycles. The standard InChI is InChI=1S/C14H11Cl2N3S/c1-8-6-10(15)3-2-9(8)7-17-13-11(16)4-5-12-14(13)19-20-18-12/h2-6,17H,7H2,1H3. The van der Waals surface area contributed by atoms with Gasteiger partial charge in [0.1, 0.15) is 11.0 Å². The average molecular weight is 324 g/mol. The van der Waals surface area contributed by atoms with Crippen molar-refractivity contribution in [2.75, 3.05) is 5.32 Å². The molecule has 0 spiro atoms. The Morgan fingerprint density at radius 3 is 2.80 bits per heavy atom. The van der Waals surface area contributed by atoms with Gasteiger partial charge >= 0.3 is 0 Å². The molecule has 0 aliphatic carbocycles. The van der Waals surface area contributed by atoms with Gasteiger partial charge in [-0.2, -0.15) is 8.75 Å². The highest BCUT2D eigenvalue weighted by atomic mass is 35.5. The van der Waals surface area contributed by atoms with Crippen LogP contribution in [0.25, 0.3) is 11.0 Å². The molecule has 0 saturated heterocycles. The van der Waals surface area contributed by atoms with Crippen LogP contribution in [0.1, 0.15) is 11.1 Å². The third-order valence-electron chi connectivity index (χ3n) is 3.14. The predicted molar refractivity (Wildman–Crippen MR) is 85.9 cm³/mol. The van der Waals surface area contributed by atoms with Crippen LogP contribution in [0.15, 0.2) is 30.3 Å². The number of hydrogen-bond acceptors (Lipinski definition) is 4. The van der Waals surface area contributed by atoms with Gasteiger partial charge in [0.15, 0.2) is 0 Å². The number of rotatable bonds is 3. The van der Waals surface area contributed by atoms with Crippen LogP contribution in [0.5, 0.6) is 0 Å². The third kappa shape index (κ3) is 2.59. The van der Waals surface area contributed by atoms with Crippen molar-refractivity contribution in [2.45, 2.75) is 13.5 Å². The van der Waals surface area contributed by atoms with Gasteiger partial charge in [0.25, 0.3) is 0 Å². The first-order valence-corrected chi connectivity index (χ1v) is 7.53. The lowest BCUT2D eigenvalue weighted by atomic mass is 10.1. The summed E-state index contributed by atoms with van der Waals surface area (Å²) >= 11 is 13.4. The van der Waals surface area contributed by atoms with Gasteiger partial charge in [0.2, 0.25) is 0 Å². The van der Waals surface area contributed by atoms with Crippen LogP contribution in [-0.4, -0.2) is 8.75 Å². The van der Waals surface area contributed by atoms with E-state index in [9.17, 15) is 0 Å². The summed E-state index contributed by atoms with van der Waals surface area (Å²) in [6.07, 6.45) is 0. The van der Waals surface area contributed by atoms with Crippen molar-refractivity contribution in [1.29, 1.82) is 0 Å². The quantitative estimate of drug-likeness (QED) is 0.743. The van der Waals surface area contributed by atoms with Crippen LogP contribution in [0.2, 0.25) is 10.0 Å². The number of benzene rings is 2. The zero-order valence-corrected chi connectivity index (χ0v) is 13.0. The van der Waals surface area contributed by atoms with Crippen molar-refractivity contribution in [3.8, 4) is 0 Å². The normalized spacial score (nSPS) is 10.9. The predicted octanol–water partition coefficient (Wildman–Crippen LogP) is 4.92. The van der Waals surface area contributed by atoms with Crippen molar-refractivity contribution < 1.29 is 0 Å². The summed E-state index contributed by atoms with van der Waals surface area (Å²) in [4.78, 5) is 0. The Balaban J connectivity index is 1.90. The summed E-state index contributed by atoms with van der Waals surface area (Å²) < 4.78 is 8.51. The highest BCUT2D eigenvalue weighted by molar-refractivity contribution is 7.00. The first-order valence-electron chi connectivity index (χ1n) is 6.05. The second-order valence-corrected chi connectivity index (χ2v) is 5.85. The molecule has 1 heterocycles. The number of nitrogens with one attached hydrogen (secondary N) is 1. The van der Waals surface area contributed by atoms with Crippen LogP contribution in [-0.2, 0) is 6.54 Å². The topological polar surface area (TPSA) is 37.8 Å². The van der Waals surface area contributed by atoms with Gasteiger partial charge in [-0.3, -0.25) is 0 Å². The molecule has 3 nitrogen and oxygen atoms in total. The van der Waals surface area contributed by atoms with E-state index in [2.05, 4.69) is 14.1 Å². The summed E-state index contributed by atoms with van der Waals surface area (Å²) in [5.41, 5.74) is 4.81. The Kier molecular flexibility index (Phi) is 3.78. The highest BCUT2D eigenvalue weighted by Gasteiger charge is 2.10. The van der Waals surface area contributed by atoms with Gasteiger partial charge in [-0.1, -0.05) is 29.3 Å². The number of aromatic nitrogens is 2. The zero-order chi connectivity index (χ0) is 14.1. The summed E-state index contributed by atoms with van der Waals surface area (Å²) in [7, 11) is 0. The Morgan fingerprint density at radius 2 is 2.00 bits per heavy atom. The van der Waals surface area contributed by atoms with Crippen molar-refractivity contribution in [3.63, 3.8) is 0 Å². The largest absolute Gasteiger partial charge is 0.378 e. The summed E-state index contributed by atoms with van der Waals surface area (Å²) in [5, 5.41) is 4.74. The minimum Gasteiger partial charge on any atom is -0.378 e. The molecule has 0 bridgehead atoms. The van der Waals surface area contributed by atoms with E-state index in [1.54, 1.807) is 0 Å². The van der Waals surface area contributed by atoms with E-state index in [1.807, 2.05) is 37.3 Å². The van der Waals surface area contributed by atoms with Gasteiger partial charge in [-0.15, -0.1) is 0 Å². The first kappa shape index (κ1) is 13.6. The molecule has 20 heavy (non-hydrogen) atoms. The van der Waals surface area contributed by atoms with Gasteiger partial charge in [0.05, 0.1) is 22.4 Å². The fourth-order valence-corrected chi connectivity index (χ4v) is 3.02. The maximum Gasteiger partial charge on any atom is 0.129 e.